The van der Waals surface area contributed by atoms with Gasteiger partial charge in [-0.25, -0.2) is 9.36 Å². The van der Waals surface area contributed by atoms with Gasteiger partial charge >= 0.3 is 19.8 Å². The molecule has 0 aliphatic rings. The van der Waals surface area contributed by atoms with Crippen LogP contribution in [0.4, 0.5) is 0 Å². The Balaban J connectivity index is 4.55. The molecule has 0 heterocycles. The summed E-state index contributed by atoms with van der Waals surface area (Å²) < 4.78 is 25.1. The van der Waals surface area contributed by atoms with E-state index in [1.54, 1.807) is 0 Å². The third-order valence-electron chi connectivity index (χ3n) is 3.35. The number of ether oxygens (including phenoxy) is 2. The van der Waals surface area contributed by atoms with Crippen molar-refractivity contribution in [3.05, 3.63) is 0 Å². The highest BCUT2D eigenvalue weighted by Crippen LogP contribution is 2.35. The van der Waals surface area contributed by atoms with Crippen LogP contribution >= 0.6 is 7.82 Å². The van der Waals surface area contributed by atoms with Gasteiger partial charge in [0.2, 0.25) is 0 Å². The fourth-order valence-corrected chi connectivity index (χ4v) is 2.37. The predicted octanol–water partition coefficient (Wildman–Crippen LogP) is 1.94. The number of unbranched alkanes of at least 4 members (excludes halogenated alkanes) is 5. The van der Waals surface area contributed by atoms with E-state index in [0.717, 1.165) is 32.1 Å². The summed E-state index contributed by atoms with van der Waals surface area (Å²) in [5, 5.41) is 0. The van der Waals surface area contributed by atoms with Crippen molar-refractivity contribution in [2.24, 2.45) is 0 Å². The zero-order valence-corrected chi connectivity index (χ0v) is 17.7. The second-order valence-corrected chi connectivity index (χ2v) is 7.15. The molecule has 2 N–H and O–H groups in total. The lowest BCUT2D eigenvalue weighted by molar-refractivity contribution is -0.158. The van der Waals surface area contributed by atoms with Crippen LogP contribution in [0.25, 0.3) is 0 Å². The smallest absolute Gasteiger partial charge is 0.456 e. The van der Waals surface area contributed by atoms with Gasteiger partial charge in [-0.15, -0.1) is 6.42 Å². The zero-order valence-electron chi connectivity index (χ0n) is 16.8. The van der Waals surface area contributed by atoms with Gasteiger partial charge in [-0.05, 0) is 41.9 Å². The minimum Gasteiger partial charge on any atom is -0.456 e. The first kappa shape index (κ1) is 27.3. The molecular formula is C21H25O8P. The molecule has 8 nitrogen and oxygen atoms in total. The topological polar surface area (TPSA) is 119 Å². The molecular weight excluding hydrogens is 411 g/mol. The SMILES string of the molecule is C#CC#CC#CC#CC(=O)OC[C@H](COP(=O)(O)O)OC(=O)CCCCCCCC. The van der Waals surface area contributed by atoms with Gasteiger partial charge in [0.15, 0.2) is 6.10 Å². The van der Waals surface area contributed by atoms with Crippen LogP contribution < -0.4 is 0 Å². The predicted molar refractivity (Wildman–Crippen MR) is 109 cm³/mol. The largest absolute Gasteiger partial charge is 0.469 e. The van der Waals surface area contributed by atoms with E-state index in [9.17, 15) is 14.2 Å². The second kappa shape index (κ2) is 17.2. The molecule has 0 aliphatic carbocycles. The molecule has 1 atom stereocenters. The van der Waals surface area contributed by atoms with Gasteiger partial charge in [0, 0.05) is 12.3 Å². The fraction of sp³-hybridized carbons (Fsp3) is 0.524. The molecule has 0 rings (SSSR count). The average molecular weight is 436 g/mol. The summed E-state index contributed by atoms with van der Waals surface area (Å²) in [7, 11) is -4.78. The van der Waals surface area contributed by atoms with Crippen LogP contribution in [0.3, 0.4) is 0 Å². The molecule has 30 heavy (non-hydrogen) atoms. The van der Waals surface area contributed by atoms with Gasteiger partial charge in [-0.3, -0.25) is 9.32 Å². The van der Waals surface area contributed by atoms with E-state index in [1.807, 2.05) is 5.92 Å². The minimum atomic E-state index is -4.78. The zero-order chi connectivity index (χ0) is 22.7. The molecule has 9 heteroatoms. The van der Waals surface area contributed by atoms with Gasteiger partial charge in [0.05, 0.1) is 6.61 Å². The van der Waals surface area contributed by atoms with Gasteiger partial charge in [-0.1, -0.05) is 39.0 Å². The van der Waals surface area contributed by atoms with Crippen molar-refractivity contribution in [2.45, 2.75) is 58.0 Å². The molecule has 0 amide bonds. The molecule has 0 saturated heterocycles. The first-order chi connectivity index (χ1) is 14.3. The number of carbonyl (C=O) groups excluding carboxylic acids is 2. The highest BCUT2D eigenvalue weighted by atomic mass is 31.2. The quantitative estimate of drug-likeness (QED) is 0.148. The highest BCUT2D eigenvalue weighted by molar-refractivity contribution is 7.46. The Kier molecular flexibility index (Phi) is 15.6. The normalized spacial score (nSPS) is 10.6. The molecule has 0 aromatic carbocycles. The lowest BCUT2D eigenvalue weighted by atomic mass is 10.1. The third-order valence-corrected chi connectivity index (χ3v) is 3.83. The van der Waals surface area contributed by atoms with E-state index >= 15 is 0 Å². The Hall–Kier alpha value is -2.71. The van der Waals surface area contributed by atoms with Crippen molar-refractivity contribution in [3.63, 3.8) is 0 Å². The molecule has 0 saturated carbocycles. The maximum Gasteiger partial charge on any atom is 0.469 e. The van der Waals surface area contributed by atoms with E-state index in [4.69, 9.17) is 25.7 Å². The van der Waals surface area contributed by atoms with Crippen LogP contribution in [-0.4, -0.2) is 41.0 Å². The lowest BCUT2D eigenvalue weighted by Crippen LogP contribution is -2.29. The van der Waals surface area contributed by atoms with Crippen LogP contribution in [0.2, 0.25) is 0 Å². The maximum atomic E-state index is 11.9. The van der Waals surface area contributed by atoms with Crippen molar-refractivity contribution < 1.29 is 37.9 Å². The highest BCUT2D eigenvalue weighted by Gasteiger charge is 2.22. The average Bonchev–Trinajstić information content (AvgIpc) is 2.68. The van der Waals surface area contributed by atoms with Gasteiger partial charge in [0.25, 0.3) is 0 Å². The van der Waals surface area contributed by atoms with Crippen LogP contribution in [0.15, 0.2) is 0 Å². The molecule has 0 aliphatic heterocycles. The van der Waals surface area contributed by atoms with E-state index in [1.165, 1.54) is 0 Å². The Morgan fingerprint density at radius 3 is 2.27 bits per heavy atom. The summed E-state index contributed by atoms with van der Waals surface area (Å²) in [5.41, 5.74) is 0. The van der Waals surface area contributed by atoms with E-state index < -0.39 is 39.1 Å². The number of terminal acetylenes is 1. The van der Waals surface area contributed by atoms with Crippen LogP contribution in [0.1, 0.15) is 51.9 Å². The molecule has 0 bridgehead atoms. The number of phosphoric ester groups is 1. The lowest BCUT2D eigenvalue weighted by Gasteiger charge is -2.17. The summed E-state index contributed by atoms with van der Waals surface area (Å²) >= 11 is 0. The molecule has 0 unspecified atom stereocenters. The molecule has 0 spiro atoms. The van der Waals surface area contributed by atoms with E-state index in [-0.39, 0.29) is 6.42 Å². The minimum absolute atomic E-state index is 0.139. The fourth-order valence-electron chi connectivity index (χ4n) is 2.01. The van der Waals surface area contributed by atoms with Gasteiger partial charge in [0.1, 0.15) is 6.61 Å². The molecule has 162 valence electrons. The number of rotatable bonds is 13. The Labute approximate surface area is 177 Å². The summed E-state index contributed by atoms with van der Waals surface area (Å²) in [5.74, 6) is 13.8. The van der Waals surface area contributed by atoms with Crippen molar-refractivity contribution in [3.8, 4) is 47.9 Å². The molecule has 0 fully saturated rings. The van der Waals surface area contributed by atoms with Crippen LogP contribution in [-0.2, 0) is 28.2 Å². The molecule has 0 aromatic rings. The summed E-state index contributed by atoms with van der Waals surface area (Å²) in [6, 6.07) is 0. The monoisotopic (exact) mass is 436 g/mol. The Bertz CT molecular complexity index is 817. The van der Waals surface area contributed by atoms with Gasteiger partial charge in [-0.2, -0.15) is 0 Å². The number of hydrogen-bond donors (Lipinski definition) is 2. The maximum absolute atomic E-state index is 11.9. The molecule has 0 radical (unpaired) electrons. The van der Waals surface area contributed by atoms with Crippen molar-refractivity contribution in [2.75, 3.05) is 13.2 Å². The molecule has 0 aromatic heterocycles. The summed E-state index contributed by atoms with van der Waals surface area (Å²) in [6.07, 6.45) is 9.73. The number of carbonyl (C=O) groups is 2. The van der Waals surface area contributed by atoms with Crippen molar-refractivity contribution >= 4 is 19.8 Å². The van der Waals surface area contributed by atoms with E-state index in [0.29, 0.717) is 6.42 Å². The van der Waals surface area contributed by atoms with Crippen molar-refractivity contribution in [1.82, 2.24) is 0 Å². The standard InChI is InChI=1S/C21H25O8P/c1-3-5-7-9-11-13-15-20(22)27-17-19(18-28-30(24,25)26)29-21(23)16-14-12-10-8-6-4-2/h1,19H,4,6,8,10,12,14,16-18H2,2H3,(H2,24,25,26)/t19-/m1/s1. The van der Waals surface area contributed by atoms with Gasteiger partial charge < -0.3 is 19.3 Å². The summed E-state index contributed by atoms with van der Waals surface area (Å²) in [4.78, 5) is 41.1. The Morgan fingerprint density at radius 2 is 1.60 bits per heavy atom. The number of esters is 2. The third kappa shape index (κ3) is 18.6. The summed E-state index contributed by atoms with van der Waals surface area (Å²) in [6.45, 7) is 0.980. The first-order valence-electron chi connectivity index (χ1n) is 9.31. The Morgan fingerprint density at radius 1 is 0.967 bits per heavy atom. The second-order valence-electron chi connectivity index (χ2n) is 5.91. The first-order valence-corrected chi connectivity index (χ1v) is 10.8. The number of phosphoric acid groups is 1. The van der Waals surface area contributed by atoms with Crippen LogP contribution in [0.5, 0.6) is 0 Å². The van der Waals surface area contributed by atoms with Crippen LogP contribution in [0, 0.1) is 47.9 Å². The van der Waals surface area contributed by atoms with Crippen molar-refractivity contribution in [1.29, 1.82) is 0 Å². The number of hydrogen-bond acceptors (Lipinski definition) is 6. The van der Waals surface area contributed by atoms with E-state index in [2.05, 4.69) is 47.0 Å².